The van der Waals surface area contributed by atoms with Crippen LogP contribution in [0.25, 0.3) is 0 Å². The average Bonchev–Trinajstić information content (AvgIpc) is 3.59. The van der Waals surface area contributed by atoms with Crippen LogP contribution in [0.4, 0.5) is 0 Å². The minimum Gasteiger partial charge on any atom is -0.338 e. The maximum atomic E-state index is 12.9. The quantitative estimate of drug-likeness (QED) is 0.799. The second-order valence-corrected chi connectivity index (χ2v) is 8.56. The fraction of sp³-hybridized carbons (Fsp3) is 0.609. The van der Waals surface area contributed by atoms with Crippen molar-refractivity contribution in [3.63, 3.8) is 0 Å². The van der Waals surface area contributed by atoms with Gasteiger partial charge in [-0.25, -0.2) is 0 Å². The molecule has 0 radical (unpaired) electrons. The molecular formula is C23H31N3O3. The summed E-state index contributed by atoms with van der Waals surface area (Å²) in [7, 11) is 0. The van der Waals surface area contributed by atoms with Crippen molar-refractivity contribution in [3.8, 4) is 0 Å². The molecule has 0 spiro atoms. The largest absolute Gasteiger partial charge is 0.338 e. The molecule has 1 aromatic rings. The summed E-state index contributed by atoms with van der Waals surface area (Å²) in [6, 6.07) is 8.35. The van der Waals surface area contributed by atoms with Gasteiger partial charge in [-0.2, -0.15) is 0 Å². The lowest BCUT2D eigenvalue weighted by molar-refractivity contribution is -0.148. The van der Waals surface area contributed by atoms with Crippen molar-refractivity contribution in [2.24, 2.45) is 5.92 Å². The number of hydrogen-bond donors (Lipinski definition) is 1. The molecule has 3 amide bonds. The standard InChI is InChI=1S/C23H31N3O3/c27-21(25-14-12-17-5-1-2-6-19(17)16-25)8-3-9-22(28)26(20-10-11-20)23(29)18-7-4-13-24-15-18/h1-2,5-6,18,20,24H,3-4,7-16H2. The summed E-state index contributed by atoms with van der Waals surface area (Å²) in [5.41, 5.74) is 2.54. The van der Waals surface area contributed by atoms with E-state index < -0.39 is 0 Å². The molecule has 1 aromatic carbocycles. The van der Waals surface area contributed by atoms with E-state index >= 15 is 0 Å². The number of carbonyl (C=O) groups is 3. The number of imide groups is 1. The molecule has 1 N–H and O–H groups in total. The molecule has 2 aliphatic heterocycles. The first kappa shape index (κ1) is 20.1. The molecule has 0 aromatic heterocycles. The third kappa shape index (κ3) is 4.86. The molecule has 0 bridgehead atoms. The molecule has 3 aliphatic rings. The molecule has 1 aliphatic carbocycles. The number of hydrogen-bond acceptors (Lipinski definition) is 4. The fourth-order valence-corrected chi connectivity index (χ4v) is 4.48. The minimum atomic E-state index is -0.0973. The molecule has 6 nitrogen and oxygen atoms in total. The normalized spacial score (nSPS) is 21.4. The Labute approximate surface area is 172 Å². The van der Waals surface area contributed by atoms with Gasteiger partial charge < -0.3 is 10.2 Å². The zero-order valence-corrected chi connectivity index (χ0v) is 17.1. The highest BCUT2D eigenvalue weighted by Crippen LogP contribution is 2.30. The SMILES string of the molecule is O=C(CCCC(=O)N(C(=O)C1CCCNC1)C1CC1)N1CCc2ccccc2C1. The third-order valence-corrected chi connectivity index (χ3v) is 6.33. The van der Waals surface area contributed by atoms with E-state index in [1.807, 2.05) is 17.0 Å². The van der Waals surface area contributed by atoms with Crippen LogP contribution in [0.15, 0.2) is 24.3 Å². The summed E-state index contributed by atoms with van der Waals surface area (Å²) in [6.45, 7) is 3.02. The van der Waals surface area contributed by atoms with Crippen molar-refractivity contribution in [1.29, 1.82) is 0 Å². The summed E-state index contributed by atoms with van der Waals surface area (Å²) in [6.07, 6.45) is 5.72. The number of amides is 3. The van der Waals surface area contributed by atoms with Crippen molar-refractivity contribution in [3.05, 3.63) is 35.4 Å². The lowest BCUT2D eigenvalue weighted by Gasteiger charge is -2.29. The molecule has 4 rings (SSSR count). The molecular weight excluding hydrogens is 366 g/mol. The molecule has 2 heterocycles. The van der Waals surface area contributed by atoms with Crippen LogP contribution in [0.5, 0.6) is 0 Å². The number of benzene rings is 1. The van der Waals surface area contributed by atoms with Gasteiger partial charge in [-0.15, -0.1) is 0 Å². The number of nitrogens with one attached hydrogen (secondary N) is 1. The van der Waals surface area contributed by atoms with Crippen LogP contribution in [0, 0.1) is 5.92 Å². The molecule has 1 saturated carbocycles. The van der Waals surface area contributed by atoms with Crippen molar-refractivity contribution < 1.29 is 14.4 Å². The average molecular weight is 398 g/mol. The Hall–Kier alpha value is -2.21. The molecule has 156 valence electrons. The van der Waals surface area contributed by atoms with Crippen LogP contribution in [-0.2, 0) is 27.3 Å². The molecule has 6 heteroatoms. The molecule has 29 heavy (non-hydrogen) atoms. The van der Waals surface area contributed by atoms with Gasteiger partial charge in [0.05, 0.1) is 5.92 Å². The van der Waals surface area contributed by atoms with E-state index in [0.29, 0.717) is 25.9 Å². The highest BCUT2D eigenvalue weighted by Gasteiger charge is 2.39. The lowest BCUT2D eigenvalue weighted by Crippen LogP contribution is -2.46. The summed E-state index contributed by atoms with van der Waals surface area (Å²) in [5, 5.41) is 3.26. The Morgan fingerprint density at radius 1 is 1.07 bits per heavy atom. The lowest BCUT2D eigenvalue weighted by atomic mass is 9.97. The van der Waals surface area contributed by atoms with Crippen molar-refractivity contribution >= 4 is 17.7 Å². The Balaban J connectivity index is 1.26. The monoisotopic (exact) mass is 397 g/mol. The Morgan fingerprint density at radius 3 is 2.59 bits per heavy atom. The van der Waals surface area contributed by atoms with Crippen LogP contribution in [-0.4, -0.2) is 53.2 Å². The fourth-order valence-electron chi connectivity index (χ4n) is 4.48. The topological polar surface area (TPSA) is 69.7 Å². The van der Waals surface area contributed by atoms with Crippen molar-refractivity contribution in [1.82, 2.24) is 15.1 Å². The first-order chi connectivity index (χ1) is 14.1. The second-order valence-electron chi connectivity index (χ2n) is 8.56. The first-order valence-corrected chi connectivity index (χ1v) is 11.0. The van der Waals surface area contributed by atoms with Gasteiger partial charge in [-0.05, 0) is 56.2 Å². The summed E-state index contributed by atoms with van der Waals surface area (Å²) >= 11 is 0. The maximum Gasteiger partial charge on any atom is 0.233 e. The second kappa shape index (κ2) is 9.08. The Kier molecular flexibility index (Phi) is 6.28. The predicted octanol–water partition coefficient (Wildman–Crippen LogP) is 2.26. The van der Waals surface area contributed by atoms with Gasteiger partial charge in [-0.1, -0.05) is 24.3 Å². The van der Waals surface area contributed by atoms with Crippen molar-refractivity contribution in [2.75, 3.05) is 19.6 Å². The zero-order valence-electron chi connectivity index (χ0n) is 17.1. The number of fused-ring (bicyclic) bond motifs is 1. The van der Waals surface area contributed by atoms with E-state index in [-0.39, 0.29) is 36.1 Å². The van der Waals surface area contributed by atoms with Gasteiger partial charge in [0.1, 0.15) is 0 Å². The number of piperidine rings is 1. The van der Waals surface area contributed by atoms with E-state index in [1.165, 1.54) is 16.0 Å². The predicted molar refractivity (Wildman–Crippen MR) is 110 cm³/mol. The van der Waals surface area contributed by atoms with Gasteiger partial charge in [0.25, 0.3) is 0 Å². The highest BCUT2D eigenvalue weighted by atomic mass is 16.2. The zero-order chi connectivity index (χ0) is 20.2. The number of nitrogens with zero attached hydrogens (tertiary/aromatic N) is 2. The summed E-state index contributed by atoms with van der Waals surface area (Å²) in [4.78, 5) is 41.7. The highest BCUT2D eigenvalue weighted by molar-refractivity contribution is 5.97. The van der Waals surface area contributed by atoms with E-state index in [0.717, 1.165) is 45.2 Å². The number of carbonyl (C=O) groups excluding carboxylic acids is 3. The minimum absolute atomic E-state index is 0.0105. The Bertz CT molecular complexity index is 768. The van der Waals surface area contributed by atoms with Gasteiger partial charge in [0.2, 0.25) is 17.7 Å². The van der Waals surface area contributed by atoms with Crippen molar-refractivity contribution in [2.45, 2.75) is 64.0 Å². The van der Waals surface area contributed by atoms with E-state index in [9.17, 15) is 14.4 Å². The third-order valence-electron chi connectivity index (χ3n) is 6.33. The summed E-state index contributed by atoms with van der Waals surface area (Å²) in [5.74, 6) is -0.0834. The van der Waals surface area contributed by atoms with E-state index in [2.05, 4.69) is 17.4 Å². The van der Waals surface area contributed by atoms with Gasteiger partial charge in [0, 0.05) is 38.5 Å². The molecule has 2 fully saturated rings. The van der Waals surface area contributed by atoms with E-state index in [4.69, 9.17) is 0 Å². The number of rotatable bonds is 6. The van der Waals surface area contributed by atoms with Gasteiger partial charge >= 0.3 is 0 Å². The van der Waals surface area contributed by atoms with Gasteiger partial charge in [-0.3, -0.25) is 19.3 Å². The van der Waals surface area contributed by atoms with Crippen LogP contribution in [0.2, 0.25) is 0 Å². The van der Waals surface area contributed by atoms with Crippen LogP contribution in [0.1, 0.15) is 56.1 Å². The molecule has 1 unspecified atom stereocenters. The Morgan fingerprint density at radius 2 is 1.86 bits per heavy atom. The molecule has 1 saturated heterocycles. The van der Waals surface area contributed by atoms with Crippen LogP contribution >= 0.6 is 0 Å². The summed E-state index contributed by atoms with van der Waals surface area (Å²) < 4.78 is 0. The maximum absolute atomic E-state index is 12.9. The molecule has 1 atom stereocenters. The van der Waals surface area contributed by atoms with E-state index in [1.54, 1.807) is 0 Å². The van der Waals surface area contributed by atoms with Crippen LogP contribution in [0.3, 0.4) is 0 Å². The van der Waals surface area contributed by atoms with Gasteiger partial charge in [0.15, 0.2) is 0 Å². The first-order valence-electron chi connectivity index (χ1n) is 11.0. The van der Waals surface area contributed by atoms with Crippen LogP contribution < -0.4 is 5.32 Å². The smallest absolute Gasteiger partial charge is 0.233 e.